The van der Waals surface area contributed by atoms with Crippen LogP contribution in [-0.4, -0.2) is 43.0 Å². The van der Waals surface area contributed by atoms with E-state index in [1.807, 2.05) is 11.9 Å². The Morgan fingerprint density at radius 2 is 2.08 bits per heavy atom. The van der Waals surface area contributed by atoms with Crippen LogP contribution in [0.1, 0.15) is 6.42 Å². The van der Waals surface area contributed by atoms with E-state index in [1.54, 1.807) is 24.3 Å². The second-order valence-corrected chi connectivity index (χ2v) is 8.67. The van der Waals surface area contributed by atoms with Crippen molar-refractivity contribution in [2.75, 3.05) is 28.8 Å². The van der Waals surface area contributed by atoms with Crippen LogP contribution in [0.25, 0.3) is 0 Å². The van der Waals surface area contributed by atoms with E-state index in [2.05, 4.69) is 15.3 Å². The highest BCUT2D eigenvalue weighted by atomic mass is 35.5. The van der Waals surface area contributed by atoms with E-state index in [4.69, 9.17) is 23.2 Å². The van der Waals surface area contributed by atoms with Crippen LogP contribution in [0.5, 0.6) is 0 Å². The number of nitrogens with one attached hydrogen (secondary N) is 1. The smallest absolute Gasteiger partial charge is 0.152 e. The summed E-state index contributed by atoms with van der Waals surface area (Å²) in [6, 6.07) is 6.96. The summed E-state index contributed by atoms with van der Waals surface area (Å²) in [6.07, 6.45) is 2.03. The van der Waals surface area contributed by atoms with Crippen molar-refractivity contribution in [2.24, 2.45) is 0 Å². The van der Waals surface area contributed by atoms with Gasteiger partial charge in [0.2, 0.25) is 0 Å². The lowest BCUT2D eigenvalue weighted by molar-refractivity contribution is 0.600. The van der Waals surface area contributed by atoms with Gasteiger partial charge in [0.1, 0.15) is 18.0 Å². The Hall–Kier alpha value is -1.57. The normalized spacial score (nSPS) is 19.2. The van der Waals surface area contributed by atoms with Crippen LogP contribution in [0.15, 0.2) is 30.6 Å². The molecule has 0 amide bonds. The number of hydrogen-bond acceptors (Lipinski definition) is 6. The van der Waals surface area contributed by atoms with Crippen molar-refractivity contribution < 1.29 is 8.42 Å². The summed E-state index contributed by atoms with van der Waals surface area (Å²) in [4.78, 5) is 10.3. The fourth-order valence-corrected chi connectivity index (χ4v) is 4.74. The van der Waals surface area contributed by atoms with Gasteiger partial charge in [-0.2, -0.15) is 0 Å². The average molecular weight is 387 g/mol. The molecule has 1 atom stereocenters. The van der Waals surface area contributed by atoms with Gasteiger partial charge in [-0.15, -0.1) is 0 Å². The van der Waals surface area contributed by atoms with Gasteiger partial charge in [-0.1, -0.05) is 29.3 Å². The van der Waals surface area contributed by atoms with Crippen molar-refractivity contribution in [2.45, 2.75) is 12.5 Å². The molecule has 0 radical (unpaired) electrons. The molecule has 0 aliphatic carbocycles. The van der Waals surface area contributed by atoms with Crippen molar-refractivity contribution in [1.29, 1.82) is 0 Å². The van der Waals surface area contributed by atoms with Gasteiger partial charge in [0.15, 0.2) is 9.84 Å². The molecule has 3 rings (SSSR count). The van der Waals surface area contributed by atoms with Crippen molar-refractivity contribution >= 4 is 50.4 Å². The molecular weight excluding hydrogens is 371 g/mol. The molecule has 1 saturated heterocycles. The predicted molar refractivity (Wildman–Crippen MR) is 97.2 cm³/mol. The third kappa shape index (κ3) is 3.74. The molecular formula is C15H16Cl2N4O2S. The molecule has 1 unspecified atom stereocenters. The number of sulfone groups is 1. The molecule has 6 nitrogen and oxygen atoms in total. The van der Waals surface area contributed by atoms with Crippen molar-refractivity contribution in [3.05, 3.63) is 40.6 Å². The predicted octanol–water partition coefficient (Wildman–Crippen LogP) is 3.15. The molecule has 1 N–H and O–H groups in total. The largest absolute Gasteiger partial charge is 0.355 e. The quantitative estimate of drug-likeness (QED) is 0.869. The molecule has 2 aromatic rings. The maximum absolute atomic E-state index is 11.7. The minimum Gasteiger partial charge on any atom is -0.355 e. The Morgan fingerprint density at radius 3 is 2.79 bits per heavy atom. The molecule has 0 spiro atoms. The molecule has 0 saturated carbocycles. The van der Waals surface area contributed by atoms with Gasteiger partial charge >= 0.3 is 0 Å². The number of hydrogen-bond donors (Lipinski definition) is 1. The Kier molecular flexibility index (Phi) is 4.85. The second-order valence-electron chi connectivity index (χ2n) is 5.66. The molecule has 128 valence electrons. The molecule has 1 aromatic heterocycles. The first-order chi connectivity index (χ1) is 11.4. The molecule has 1 aromatic carbocycles. The number of rotatable bonds is 4. The van der Waals surface area contributed by atoms with Crippen molar-refractivity contribution in [1.82, 2.24) is 9.97 Å². The molecule has 9 heteroatoms. The van der Waals surface area contributed by atoms with Crippen LogP contribution in [0.2, 0.25) is 10.0 Å². The maximum atomic E-state index is 11.7. The van der Waals surface area contributed by atoms with E-state index in [9.17, 15) is 8.42 Å². The van der Waals surface area contributed by atoms with Gasteiger partial charge in [-0.25, -0.2) is 18.4 Å². The van der Waals surface area contributed by atoms with E-state index < -0.39 is 9.84 Å². The van der Waals surface area contributed by atoms with Crippen LogP contribution in [0.4, 0.5) is 17.3 Å². The fraction of sp³-hybridized carbons (Fsp3) is 0.333. The molecule has 1 aliphatic rings. The first-order valence-electron chi connectivity index (χ1n) is 7.32. The second kappa shape index (κ2) is 6.74. The summed E-state index contributed by atoms with van der Waals surface area (Å²) < 4.78 is 23.3. The summed E-state index contributed by atoms with van der Waals surface area (Å²) in [6.45, 7) is 0. The van der Waals surface area contributed by atoms with Gasteiger partial charge in [0.25, 0.3) is 0 Å². The van der Waals surface area contributed by atoms with E-state index in [1.165, 1.54) is 6.33 Å². The third-order valence-corrected chi connectivity index (χ3v) is 6.55. The summed E-state index contributed by atoms with van der Waals surface area (Å²) in [5.74, 6) is 1.57. The highest BCUT2D eigenvalue weighted by molar-refractivity contribution is 7.91. The number of halogens is 2. The summed E-state index contributed by atoms with van der Waals surface area (Å²) in [5.41, 5.74) is 0.639. The number of anilines is 3. The zero-order chi connectivity index (χ0) is 17.3. The Bertz CT molecular complexity index is 860. The number of aromatic nitrogens is 2. The maximum Gasteiger partial charge on any atom is 0.152 e. The summed E-state index contributed by atoms with van der Waals surface area (Å²) in [7, 11) is -1.11. The fourth-order valence-electron chi connectivity index (χ4n) is 2.61. The van der Waals surface area contributed by atoms with E-state index in [0.29, 0.717) is 33.8 Å². The van der Waals surface area contributed by atoms with E-state index >= 15 is 0 Å². The molecule has 1 aliphatic heterocycles. The summed E-state index contributed by atoms with van der Waals surface area (Å²) >= 11 is 12.2. The molecule has 0 bridgehead atoms. The van der Waals surface area contributed by atoms with Gasteiger partial charge in [-0.3, -0.25) is 0 Å². The van der Waals surface area contributed by atoms with E-state index in [0.717, 1.165) is 0 Å². The minimum absolute atomic E-state index is 0.0764. The van der Waals surface area contributed by atoms with Gasteiger partial charge < -0.3 is 10.2 Å². The minimum atomic E-state index is -2.95. The highest BCUT2D eigenvalue weighted by Gasteiger charge is 2.31. The lowest BCUT2D eigenvalue weighted by atomic mass is 10.2. The number of nitrogens with zero attached hydrogens (tertiary/aromatic N) is 3. The van der Waals surface area contributed by atoms with Gasteiger partial charge in [0.05, 0.1) is 27.2 Å². The lowest BCUT2D eigenvalue weighted by Gasteiger charge is -2.24. The monoisotopic (exact) mass is 386 g/mol. The van der Waals surface area contributed by atoms with Crippen molar-refractivity contribution in [3.63, 3.8) is 0 Å². The lowest BCUT2D eigenvalue weighted by Crippen LogP contribution is -2.33. The van der Waals surface area contributed by atoms with E-state index in [-0.39, 0.29) is 17.5 Å². The zero-order valence-corrected chi connectivity index (χ0v) is 15.2. The van der Waals surface area contributed by atoms with Crippen LogP contribution < -0.4 is 10.2 Å². The van der Waals surface area contributed by atoms with Crippen LogP contribution in [-0.2, 0) is 9.84 Å². The first kappa shape index (κ1) is 17.3. The SMILES string of the molecule is CN(c1cc(Nc2cccc(Cl)c2Cl)ncn1)C1CCS(=O)(=O)C1. The van der Waals surface area contributed by atoms with Crippen LogP contribution in [0.3, 0.4) is 0 Å². The first-order valence-corrected chi connectivity index (χ1v) is 9.90. The van der Waals surface area contributed by atoms with Gasteiger partial charge in [-0.05, 0) is 18.6 Å². The Labute approximate surface area is 150 Å². The summed E-state index contributed by atoms with van der Waals surface area (Å²) in [5, 5.41) is 3.96. The third-order valence-electron chi connectivity index (χ3n) is 3.98. The molecule has 24 heavy (non-hydrogen) atoms. The topological polar surface area (TPSA) is 75.2 Å². The molecule has 2 heterocycles. The van der Waals surface area contributed by atoms with Crippen molar-refractivity contribution in [3.8, 4) is 0 Å². The van der Waals surface area contributed by atoms with Crippen LogP contribution in [0, 0.1) is 0 Å². The zero-order valence-electron chi connectivity index (χ0n) is 12.9. The van der Waals surface area contributed by atoms with Gasteiger partial charge in [0, 0.05) is 19.2 Å². The Morgan fingerprint density at radius 1 is 1.29 bits per heavy atom. The highest BCUT2D eigenvalue weighted by Crippen LogP contribution is 2.32. The standard InChI is InChI=1S/C15H16Cl2N4O2S/c1-21(10-5-6-24(22,23)8-10)14-7-13(18-9-19-14)20-12-4-2-3-11(16)15(12)17/h2-4,7,9-10H,5-6,8H2,1H3,(H,18,19,20). The molecule has 1 fully saturated rings. The Balaban J connectivity index is 1.80. The number of benzene rings is 1. The van der Waals surface area contributed by atoms with Crippen LogP contribution >= 0.6 is 23.2 Å². The average Bonchev–Trinajstić information content (AvgIpc) is 2.91.